The monoisotopic (exact) mass is 486 g/mol. The van der Waals surface area contributed by atoms with Crippen LogP contribution in [0, 0.1) is 5.92 Å². The molecule has 1 unspecified atom stereocenters. The van der Waals surface area contributed by atoms with Crippen molar-refractivity contribution in [1.82, 2.24) is 10.6 Å². The number of carboxylic acid groups (broad SMARTS) is 1. The summed E-state index contributed by atoms with van der Waals surface area (Å²) in [6.45, 7) is 0.170. The van der Waals surface area contributed by atoms with Gasteiger partial charge in [0.2, 0.25) is 5.91 Å². The average molecular weight is 487 g/mol. The molecular formula is C26H28F2N2O5. The molecule has 0 aliphatic heterocycles. The summed E-state index contributed by atoms with van der Waals surface area (Å²) in [6.07, 6.45) is -2.41. The number of alkyl halides is 2. The first-order valence-corrected chi connectivity index (χ1v) is 11.7. The number of halogens is 2. The molecule has 1 fully saturated rings. The first kappa shape index (κ1) is 24.6. The lowest BCUT2D eigenvalue weighted by molar-refractivity contribution is -0.139. The summed E-state index contributed by atoms with van der Waals surface area (Å²) in [5.41, 5.74) is 4.46. The molecule has 0 radical (unpaired) electrons. The minimum Gasteiger partial charge on any atom is -0.481 e. The number of fused-ring (bicyclic) bond motifs is 3. The van der Waals surface area contributed by atoms with Gasteiger partial charge in [0.05, 0.1) is 6.42 Å². The number of carboxylic acids is 1. The SMILES string of the molecule is O=C(O)CC(NC(=O)C[C@@H]1CCC[C@H]1NC(=O)OCC1c2ccccc2-c2ccccc21)C(F)F. The Morgan fingerprint density at radius 2 is 1.63 bits per heavy atom. The van der Waals surface area contributed by atoms with Gasteiger partial charge in [-0.2, -0.15) is 0 Å². The molecule has 0 saturated heterocycles. The Labute approximate surface area is 201 Å². The van der Waals surface area contributed by atoms with Crippen molar-refractivity contribution in [2.24, 2.45) is 5.92 Å². The largest absolute Gasteiger partial charge is 0.481 e. The fourth-order valence-electron chi connectivity index (χ4n) is 5.16. The Hall–Kier alpha value is -3.49. The second-order valence-corrected chi connectivity index (χ2v) is 9.08. The highest BCUT2D eigenvalue weighted by molar-refractivity contribution is 5.79. The van der Waals surface area contributed by atoms with Crippen LogP contribution in [0.3, 0.4) is 0 Å². The maximum absolute atomic E-state index is 13.0. The molecule has 0 aromatic heterocycles. The third-order valence-corrected chi connectivity index (χ3v) is 6.80. The topological polar surface area (TPSA) is 105 Å². The Bertz CT molecular complexity index is 1050. The Balaban J connectivity index is 1.31. The molecule has 4 rings (SSSR count). The van der Waals surface area contributed by atoms with Gasteiger partial charge < -0.3 is 20.5 Å². The van der Waals surface area contributed by atoms with Crippen LogP contribution in [-0.2, 0) is 14.3 Å². The molecule has 0 bridgehead atoms. The van der Waals surface area contributed by atoms with E-state index in [0.717, 1.165) is 28.7 Å². The summed E-state index contributed by atoms with van der Waals surface area (Å²) in [5, 5.41) is 13.7. The second-order valence-electron chi connectivity index (χ2n) is 9.08. The lowest BCUT2D eigenvalue weighted by Crippen LogP contribution is -2.44. The van der Waals surface area contributed by atoms with Crippen LogP contribution >= 0.6 is 0 Å². The van der Waals surface area contributed by atoms with E-state index in [-0.39, 0.29) is 30.9 Å². The molecule has 2 aromatic carbocycles. The van der Waals surface area contributed by atoms with E-state index in [4.69, 9.17) is 9.84 Å². The Morgan fingerprint density at radius 3 is 2.23 bits per heavy atom. The zero-order valence-corrected chi connectivity index (χ0v) is 19.1. The van der Waals surface area contributed by atoms with Gasteiger partial charge >= 0.3 is 12.1 Å². The molecule has 0 heterocycles. The number of alkyl carbamates (subject to hydrolysis) is 1. The van der Waals surface area contributed by atoms with Crippen LogP contribution in [0.5, 0.6) is 0 Å². The lowest BCUT2D eigenvalue weighted by Gasteiger charge is -2.23. The predicted octanol–water partition coefficient (Wildman–Crippen LogP) is 4.31. The normalized spacial score (nSPS) is 19.6. The first-order valence-electron chi connectivity index (χ1n) is 11.7. The van der Waals surface area contributed by atoms with Crippen molar-refractivity contribution in [2.75, 3.05) is 6.61 Å². The highest BCUT2D eigenvalue weighted by atomic mass is 19.3. The van der Waals surface area contributed by atoms with Crippen LogP contribution in [-0.4, -0.2) is 48.2 Å². The van der Waals surface area contributed by atoms with E-state index in [9.17, 15) is 23.2 Å². The molecule has 3 N–H and O–H groups in total. The minimum absolute atomic E-state index is 0.0705. The number of hydrogen-bond acceptors (Lipinski definition) is 4. The molecular weight excluding hydrogens is 458 g/mol. The first-order chi connectivity index (χ1) is 16.8. The van der Waals surface area contributed by atoms with Gasteiger partial charge in [-0.25, -0.2) is 13.6 Å². The van der Waals surface area contributed by atoms with Gasteiger partial charge in [0.15, 0.2) is 0 Å². The molecule has 7 nitrogen and oxygen atoms in total. The van der Waals surface area contributed by atoms with E-state index < -0.39 is 36.9 Å². The predicted molar refractivity (Wildman–Crippen MR) is 124 cm³/mol. The van der Waals surface area contributed by atoms with Crippen molar-refractivity contribution >= 4 is 18.0 Å². The van der Waals surface area contributed by atoms with Crippen molar-refractivity contribution in [3.05, 3.63) is 59.7 Å². The Kier molecular flexibility index (Phi) is 7.63. The van der Waals surface area contributed by atoms with Gasteiger partial charge in [0.1, 0.15) is 12.6 Å². The standard InChI is InChI=1S/C26H28F2N2O5/c27-25(28)22(13-24(32)33)29-23(31)12-15-6-5-11-21(15)30-26(34)35-14-20-18-9-3-1-7-16(18)17-8-2-4-10-19(17)20/h1-4,7-10,15,20-22,25H,5-6,11-14H2,(H,29,31)(H,30,34)(H,32,33)/t15-,21+,22?/m0/s1. The molecule has 2 aliphatic carbocycles. The highest BCUT2D eigenvalue weighted by Gasteiger charge is 2.34. The van der Waals surface area contributed by atoms with Crippen molar-refractivity contribution in [3.8, 4) is 11.1 Å². The number of aliphatic carboxylic acids is 1. The van der Waals surface area contributed by atoms with E-state index >= 15 is 0 Å². The van der Waals surface area contributed by atoms with Crippen LogP contribution in [0.15, 0.2) is 48.5 Å². The fourth-order valence-corrected chi connectivity index (χ4v) is 5.16. The molecule has 2 aliphatic rings. The lowest BCUT2D eigenvalue weighted by atomic mass is 9.98. The van der Waals surface area contributed by atoms with E-state index in [1.54, 1.807) is 0 Å². The number of benzene rings is 2. The number of carbonyl (C=O) groups is 3. The summed E-state index contributed by atoms with van der Waals surface area (Å²) >= 11 is 0. The van der Waals surface area contributed by atoms with Crippen LogP contribution in [0.2, 0.25) is 0 Å². The third kappa shape index (κ3) is 5.78. The fraction of sp³-hybridized carbons (Fsp3) is 0.423. The summed E-state index contributed by atoms with van der Waals surface area (Å²) in [4.78, 5) is 35.6. The van der Waals surface area contributed by atoms with Crippen molar-refractivity contribution in [2.45, 2.75) is 56.5 Å². The number of carbonyl (C=O) groups excluding carboxylic acids is 2. The van der Waals surface area contributed by atoms with E-state index in [1.165, 1.54) is 0 Å². The van der Waals surface area contributed by atoms with E-state index in [1.807, 2.05) is 36.4 Å². The quantitative estimate of drug-likeness (QED) is 0.490. The number of ether oxygens (including phenoxy) is 1. The number of hydrogen-bond donors (Lipinski definition) is 3. The molecule has 0 spiro atoms. The summed E-state index contributed by atoms with van der Waals surface area (Å²) in [7, 11) is 0. The maximum Gasteiger partial charge on any atom is 0.407 e. The van der Waals surface area contributed by atoms with E-state index in [0.29, 0.717) is 12.8 Å². The van der Waals surface area contributed by atoms with Crippen LogP contribution in [0.4, 0.5) is 13.6 Å². The smallest absolute Gasteiger partial charge is 0.407 e. The number of nitrogens with one attached hydrogen (secondary N) is 2. The summed E-state index contributed by atoms with van der Waals surface area (Å²) < 4.78 is 31.6. The zero-order valence-electron chi connectivity index (χ0n) is 19.1. The average Bonchev–Trinajstić information content (AvgIpc) is 3.38. The van der Waals surface area contributed by atoms with Gasteiger partial charge in [-0.1, -0.05) is 55.0 Å². The molecule has 2 aromatic rings. The molecule has 9 heteroatoms. The van der Waals surface area contributed by atoms with Crippen LogP contribution in [0.1, 0.15) is 49.1 Å². The molecule has 35 heavy (non-hydrogen) atoms. The van der Waals surface area contributed by atoms with Gasteiger partial charge in [-0.3, -0.25) is 9.59 Å². The van der Waals surface area contributed by atoms with Gasteiger partial charge in [0, 0.05) is 18.4 Å². The minimum atomic E-state index is -2.98. The number of amides is 2. The van der Waals surface area contributed by atoms with Gasteiger partial charge in [-0.15, -0.1) is 0 Å². The molecule has 1 saturated carbocycles. The molecule has 3 atom stereocenters. The van der Waals surface area contributed by atoms with Crippen LogP contribution < -0.4 is 10.6 Å². The van der Waals surface area contributed by atoms with Gasteiger partial charge in [-0.05, 0) is 41.0 Å². The maximum atomic E-state index is 13.0. The highest BCUT2D eigenvalue weighted by Crippen LogP contribution is 2.44. The number of rotatable bonds is 9. The van der Waals surface area contributed by atoms with Crippen molar-refractivity contribution in [1.29, 1.82) is 0 Å². The van der Waals surface area contributed by atoms with Crippen molar-refractivity contribution in [3.63, 3.8) is 0 Å². The summed E-state index contributed by atoms with van der Waals surface area (Å²) in [6, 6.07) is 14.0. The van der Waals surface area contributed by atoms with Gasteiger partial charge in [0.25, 0.3) is 6.43 Å². The molecule has 186 valence electrons. The Morgan fingerprint density at radius 1 is 1.00 bits per heavy atom. The third-order valence-electron chi connectivity index (χ3n) is 6.80. The van der Waals surface area contributed by atoms with E-state index in [2.05, 4.69) is 22.8 Å². The molecule has 2 amide bonds. The second kappa shape index (κ2) is 10.8. The van der Waals surface area contributed by atoms with Crippen molar-refractivity contribution < 1.29 is 33.0 Å². The zero-order chi connectivity index (χ0) is 24.9. The summed E-state index contributed by atoms with van der Waals surface area (Å²) in [5.74, 6) is -2.37. The van der Waals surface area contributed by atoms with Crippen LogP contribution in [0.25, 0.3) is 11.1 Å².